The number of carbonyl (C=O) groups is 3. The summed E-state index contributed by atoms with van der Waals surface area (Å²) in [5.41, 5.74) is 10.8. The van der Waals surface area contributed by atoms with Crippen LogP contribution in [-0.2, 0) is 0 Å². The van der Waals surface area contributed by atoms with Gasteiger partial charge in [0.15, 0.2) is 23.0 Å². The Morgan fingerprint density at radius 3 is 1.22 bits per heavy atom. The first kappa shape index (κ1) is 68.9. The summed E-state index contributed by atoms with van der Waals surface area (Å²) in [6.45, 7) is 10.5. The number of methoxy groups -OCH3 is 4. The van der Waals surface area contributed by atoms with E-state index in [-0.39, 0.29) is 46.7 Å². The zero-order valence-electron chi connectivity index (χ0n) is 56.6. The third-order valence-corrected chi connectivity index (χ3v) is 17.4. The maximum atomic E-state index is 13.1. The number of aromatic nitrogens is 15. The van der Waals surface area contributed by atoms with Crippen molar-refractivity contribution < 1.29 is 33.3 Å². The average molecular weight is 1410 g/mol. The van der Waals surface area contributed by atoms with Crippen LogP contribution < -0.4 is 65.5 Å². The zero-order valence-corrected chi connectivity index (χ0v) is 57.4. The first-order valence-corrected chi connectivity index (χ1v) is 33.8. The van der Waals surface area contributed by atoms with E-state index in [0.717, 1.165) is 123 Å². The van der Waals surface area contributed by atoms with Crippen molar-refractivity contribution in [3.05, 3.63) is 200 Å². The van der Waals surface area contributed by atoms with Gasteiger partial charge in [-0.2, -0.15) is 26.6 Å². The number of benzene rings is 2. The van der Waals surface area contributed by atoms with Crippen molar-refractivity contribution in [2.45, 2.75) is 0 Å². The summed E-state index contributed by atoms with van der Waals surface area (Å²) in [5.74, 6) is 2.38. The molecule has 10 aromatic heterocycles. The number of hydrogen-bond acceptors (Lipinski definition) is 26. The Bertz CT molecular complexity index is 4670. The van der Waals surface area contributed by atoms with Gasteiger partial charge >= 0.3 is 0 Å². The van der Waals surface area contributed by atoms with Gasteiger partial charge in [0.25, 0.3) is 35.6 Å². The molecule has 32 heteroatoms. The van der Waals surface area contributed by atoms with Gasteiger partial charge in [0.05, 0.1) is 99.2 Å². The Balaban J connectivity index is 0.000000138. The summed E-state index contributed by atoms with van der Waals surface area (Å²) in [4.78, 5) is 84.5. The average Bonchev–Trinajstić information content (AvgIpc) is 1.76. The van der Waals surface area contributed by atoms with Gasteiger partial charge in [0.1, 0.15) is 17.1 Å². The van der Waals surface area contributed by atoms with Crippen LogP contribution in [0.5, 0.6) is 23.0 Å². The minimum absolute atomic E-state index is 0.221. The zero-order chi connectivity index (χ0) is 70.9. The van der Waals surface area contributed by atoms with E-state index in [1.54, 1.807) is 131 Å². The SMILES string of the molecule is COc1ccc(-c2ccn(-c3nccc(C(=O)Nc4cnccc4N4CCNCC4)n3)n2)cc1OC.COc1ccc(-c2cnn(-c3nccc(C(=O)Nc4cnccc4N4CCNCC4)n3)c2)cc1OC.O=C(Nc1cnccc1N1CCNCC1)c1ccnc(-n2cc(-c3ccsc3)cn2)n1. The van der Waals surface area contributed by atoms with Crippen LogP contribution in [0.3, 0.4) is 0 Å². The summed E-state index contributed by atoms with van der Waals surface area (Å²) in [6, 6.07) is 25.5. The molecule has 3 fully saturated rings. The molecule has 12 aromatic rings. The van der Waals surface area contributed by atoms with Gasteiger partial charge in [-0.25, -0.2) is 43.9 Å². The van der Waals surface area contributed by atoms with Crippen LogP contribution in [0, 0.1) is 0 Å². The number of amides is 3. The molecule has 3 saturated heterocycles. The molecule has 15 rings (SSSR count). The van der Waals surface area contributed by atoms with E-state index in [2.05, 4.69) is 112 Å². The molecule has 2 aromatic carbocycles. The summed E-state index contributed by atoms with van der Waals surface area (Å²) >= 11 is 1.62. The van der Waals surface area contributed by atoms with Crippen LogP contribution in [0.2, 0.25) is 0 Å². The maximum Gasteiger partial charge on any atom is 0.274 e. The molecule has 0 aliphatic carbocycles. The smallest absolute Gasteiger partial charge is 0.274 e. The Morgan fingerprint density at radius 1 is 0.417 bits per heavy atom. The van der Waals surface area contributed by atoms with Gasteiger partial charge < -0.3 is 65.5 Å². The van der Waals surface area contributed by atoms with Crippen molar-refractivity contribution in [1.29, 1.82) is 0 Å². The fourth-order valence-corrected chi connectivity index (χ4v) is 12.2. The number of thiophene rings is 1. The van der Waals surface area contributed by atoms with Crippen LogP contribution in [-0.4, -0.2) is 199 Å². The van der Waals surface area contributed by atoms with Gasteiger partial charge in [0, 0.05) is 151 Å². The molecular weight excluding hydrogens is 1330 g/mol. The molecule has 0 bridgehead atoms. The number of rotatable bonds is 19. The molecule has 3 aliphatic heterocycles. The van der Waals surface area contributed by atoms with Gasteiger partial charge in [0.2, 0.25) is 0 Å². The van der Waals surface area contributed by atoms with Crippen LogP contribution >= 0.6 is 11.3 Å². The predicted octanol–water partition coefficient (Wildman–Crippen LogP) is 7.25. The number of anilines is 6. The van der Waals surface area contributed by atoms with Gasteiger partial charge in [-0.1, -0.05) is 6.07 Å². The summed E-state index contributed by atoms with van der Waals surface area (Å²) in [5, 5.41) is 36.2. The number of nitrogens with one attached hydrogen (secondary N) is 6. The van der Waals surface area contributed by atoms with Crippen LogP contribution in [0.4, 0.5) is 34.1 Å². The second-order valence-corrected chi connectivity index (χ2v) is 23.9. The highest BCUT2D eigenvalue weighted by atomic mass is 32.1. The molecule has 13 heterocycles. The largest absolute Gasteiger partial charge is 0.493 e. The molecule has 103 heavy (non-hydrogen) atoms. The minimum Gasteiger partial charge on any atom is -0.493 e. The molecule has 3 aliphatic rings. The minimum atomic E-state index is -0.352. The highest BCUT2D eigenvalue weighted by molar-refractivity contribution is 7.08. The second-order valence-electron chi connectivity index (χ2n) is 23.1. The molecule has 0 radical (unpaired) electrons. The van der Waals surface area contributed by atoms with E-state index in [4.69, 9.17) is 18.9 Å². The Kier molecular flexibility index (Phi) is 22.1. The third-order valence-electron chi connectivity index (χ3n) is 16.8. The first-order valence-electron chi connectivity index (χ1n) is 32.9. The molecule has 0 spiro atoms. The molecule has 3 amide bonds. The van der Waals surface area contributed by atoms with E-state index < -0.39 is 0 Å². The summed E-state index contributed by atoms with van der Waals surface area (Å²) in [7, 11) is 6.36. The standard InChI is InChI=1S/2C25H26N8O3.C21H20N8OS/c1-35-22-4-3-17(15-23(22)36-2)18-7-12-33(31-18)25-28-9-5-19(30-25)24(34)29-20-16-27-8-6-21(20)32-13-10-26-11-14-32;1-35-22-4-3-17(13-23(22)36-2)18-14-29-33(16-18)25-28-8-5-19(31-25)24(34)30-20-15-27-7-6-21(20)32-11-9-26-10-12-32;30-20(26-18-12-23-4-2-19(18)28-8-6-22-7-9-28)17-1-5-24-21(27-17)29-13-16(11-25-29)15-3-10-31-14-15/h3-9,12,15-16,26H,10-11,13-14H2,1-2H3,(H,29,34);3-8,13-16,26H,9-12H2,1-2H3,(H,30,34);1-5,10-14,22H,6-9H2,(H,26,30). The predicted molar refractivity (Wildman–Crippen MR) is 390 cm³/mol. The van der Waals surface area contributed by atoms with Crippen molar-refractivity contribution in [1.82, 2.24) is 90.1 Å². The lowest BCUT2D eigenvalue weighted by Gasteiger charge is -2.30. The number of piperazine rings is 3. The van der Waals surface area contributed by atoms with Crippen molar-refractivity contribution in [3.63, 3.8) is 0 Å². The lowest BCUT2D eigenvalue weighted by atomic mass is 10.1. The maximum absolute atomic E-state index is 13.1. The van der Waals surface area contributed by atoms with E-state index in [9.17, 15) is 14.4 Å². The summed E-state index contributed by atoms with van der Waals surface area (Å²) in [6.07, 6.45) is 23.6. The van der Waals surface area contributed by atoms with Gasteiger partial charge in [-0.15, -0.1) is 0 Å². The van der Waals surface area contributed by atoms with E-state index in [1.807, 2.05) is 78.3 Å². The fourth-order valence-electron chi connectivity index (χ4n) is 11.5. The fraction of sp³-hybridized carbons (Fsp3) is 0.225. The van der Waals surface area contributed by atoms with Gasteiger partial charge in [-0.05, 0) is 101 Å². The van der Waals surface area contributed by atoms with Gasteiger partial charge in [-0.3, -0.25) is 29.3 Å². The van der Waals surface area contributed by atoms with Crippen molar-refractivity contribution >= 4 is 63.2 Å². The third kappa shape index (κ3) is 16.6. The van der Waals surface area contributed by atoms with Crippen molar-refractivity contribution in [3.8, 4) is 74.4 Å². The number of ether oxygens (including phenoxy) is 4. The van der Waals surface area contributed by atoms with E-state index in [0.29, 0.717) is 51.7 Å². The molecule has 31 nitrogen and oxygen atoms in total. The van der Waals surface area contributed by atoms with Crippen LogP contribution in [0.1, 0.15) is 31.5 Å². The normalized spacial score (nSPS) is 13.5. The lowest BCUT2D eigenvalue weighted by molar-refractivity contribution is 0.101. The molecule has 0 unspecified atom stereocenters. The van der Waals surface area contributed by atoms with Crippen LogP contribution in [0.25, 0.3) is 51.4 Å². The van der Waals surface area contributed by atoms with E-state index in [1.165, 1.54) is 21.8 Å². The monoisotopic (exact) mass is 1400 g/mol. The van der Waals surface area contributed by atoms with Crippen molar-refractivity contribution in [2.75, 3.05) is 138 Å². The molecule has 6 N–H and O–H groups in total. The van der Waals surface area contributed by atoms with Crippen LogP contribution in [0.15, 0.2) is 182 Å². The number of nitrogens with zero attached hydrogens (tertiary/aromatic N) is 18. The molecule has 0 atom stereocenters. The number of carbonyl (C=O) groups excluding carboxylic acids is 3. The second kappa shape index (κ2) is 33.0. The van der Waals surface area contributed by atoms with Crippen molar-refractivity contribution in [2.24, 2.45) is 0 Å². The topological polar surface area (TPSA) is 339 Å². The highest BCUT2D eigenvalue weighted by Gasteiger charge is 2.23. The molecule has 524 valence electrons. The van der Waals surface area contributed by atoms with E-state index >= 15 is 0 Å². The number of hydrogen-bond donors (Lipinski definition) is 6. The summed E-state index contributed by atoms with van der Waals surface area (Å²) < 4.78 is 26.0. The lowest BCUT2D eigenvalue weighted by Crippen LogP contribution is -2.43. The Hall–Kier alpha value is -12.7. The Morgan fingerprint density at radius 2 is 0.816 bits per heavy atom. The first-order chi connectivity index (χ1) is 50.6. The molecular formula is C71H72N24O7S. The quantitative estimate of drug-likeness (QED) is 0.0464. The Labute approximate surface area is 595 Å². The molecule has 0 saturated carbocycles. The number of pyridine rings is 3. The highest BCUT2D eigenvalue weighted by Crippen LogP contribution is 2.35.